The van der Waals surface area contributed by atoms with Gasteiger partial charge in [0.05, 0.1) is 0 Å². The molecule has 2 rings (SSSR count). The quantitative estimate of drug-likeness (QED) is 0.605. The van der Waals surface area contributed by atoms with Crippen LogP contribution in [0.1, 0.15) is 24.0 Å². The zero-order valence-electron chi connectivity index (χ0n) is 11.6. The van der Waals surface area contributed by atoms with Crippen molar-refractivity contribution in [1.82, 2.24) is 0 Å². The van der Waals surface area contributed by atoms with Crippen molar-refractivity contribution in [3.05, 3.63) is 83.9 Å². The summed E-state index contributed by atoms with van der Waals surface area (Å²) in [6.07, 6.45) is 0. The van der Waals surface area contributed by atoms with Gasteiger partial charge in [0.25, 0.3) is 0 Å². The Bertz CT molecular complexity index is 533. The largest absolute Gasteiger partial charge is 0.461 e. The maximum atomic E-state index is 11.6. The van der Waals surface area contributed by atoms with Crippen molar-refractivity contribution in [3.63, 3.8) is 0 Å². The lowest BCUT2D eigenvalue weighted by Crippen LogP contribution is -2.14. The highest BCUT2D eigenvalue weighted by atomic mass is 16.5. The van der Waals surface area contributed by atoms with Gasteiger partial charge < -0.3 is 4.74 Å². The Hall–Kier alpha value is -2.35. The molecular weight excluding hydrogens is 248 g/mol. The molecule has 0 amide bonds. The van der Waals surface area contributed by atoms with Gasteiger partial charge in [-0.3, -0.25) is 0 Å². The molecule has 0 fully saturated rings. The highest BCUT2D eigenvalue weighted by molar-refractivity contribution is 5.86. The molecule has 0 aliphatic heterocycles. The van der Waals surface area contributed by atoms with Crippen molar-refractivity contribution >= 4 is 5.97 Å². The van der Waals surface area contributed by atoms with Crippen LogP contribution in [0.15, 0.2) is 72.8 Å². The minimum Gasteiger partial charge on any atom is -0.461 e. The Morgan fingerprint density at radius 2 is 1.45 bits per heavy atom. The molecule has 0 N–H and O–H groups in total. The number of ether oxygens (including phenoxy) is 1. The molecule has 2 heteroatoms. The van der Waals surface area contributed by atoms with Gasteiger partial charge in [-0.15, -0.1) is 0 Å². The molecule has 0 atom stereocenters. The second kappa shape index (κ2) is 6.71. The highest BCUT2D eigenvalue weighted by Gasteiger charge is 2.16. The molecule has 2 aromatic carbocycles. The van der Waals surface area contributed by atoms with Crippen LogP contribution in [0.3, 0.4) is 0 Å². The molecule has 2 aromatic rings. The van der Waals surface area contributed by atoms with Gasteiger partial charge in [-0.25, -0.2) is 4.79 Å². The Labute approximate surface area is 119 Å². The molecule has 0 unspecified atom stereocenters. The normalized spacial score (nSPS) is 10.3. The molecule has 0 radical (unpaired) electrons. The van der Waals surface area contributed by atoms with Crippen molar-refractivity contribution in [3.8, 4) is 0 Å². The van der Waals surface area contributed by atoms with Gasteiger partial charge in [-0.2, -0.15) is 0 Å². The molecule has 102 valence electrons. The van der Waals surface area contributed by atoms with Crippen molar-refractivity contribution in [2.45, 2.75) is 12.8 Å². The summed E-state index contributed by atoms with van der Waals surface area (Å²) >= 11 is 0. The van der Waals surface area contributed by atoms with Gasteiger partial charge in [0, 0.05) is 11.5 Å². The van der Waals surface area contributed by atoms with E-state index in [1.807, 2.05) is 60.7 Å². The van der Waals surface area contributed by atoms with E-state index in [1.54, 1.807) is 6.92 Å². The van der Waals surface area contributed by atoms with Crippen LogP contribution < -0.4 is 0 Å². The summed E-state index contributed by atoms with van der Waals surface area (Å²) in [7, 11) is 0. The molecular formula is C18H18O2. The van der Waals surface area contributed by atoms with E-state index >= 15 is 0 Å². The molecule has 20 heavy (non-hydrogen) atoms. The third-order valence-electron chi connectivity index (χ3n) is 3.13. The average molecular weight is 266 g/mol. The topological polar surface area (TPSA) is 26.3 Å². The standard InChI is InChI=1S/C18H18O2/c1-14(2)18(19)20-13-17(15-9-5-3-6-10-15)16-11-7-4-8-12-16/h3-12,17H,1,13H2,2H3. The minimum atomic E-state index is -0.345. The molecule has 0 heterocycles. The number of hydrogen-bond donors (Lipinski definition) is 0. The van der Waals surface area contributed by atoms with E-state index in [0.29, 0.717) is 12.2 Å². The second-order valence-corrected chi connectivity index (χ2v) is 4.75. The smallest absolute Gasteiger partial charge is 0.333 e. The van der Waals surface area contributed by atoms with Crippen LogP contribution in [0.25, 0.3) is 0 Å². The van der Waals surface area contributed by atoms with E-state index < -0.39 is 0 Å². The van der Waals surface area contributed by atoms with Gasteiger partial charge in [-0.05, 0) is 18.1 Å². The van der Waals surface area contributed by atoms with Crippen molar-refractivity contribution in [1.29, 1.82) is 0 Å². The Balaban J connectivity index is 2.22. The number of esters is 1. The fourth-order valence-corrected chi connectivity index (χ4v) is 2.04. The molecule has 0 saturated carbocycles. The van der Waals surface area contributed by atoms with Crippen LogP contribution in [0.2, 0.25) is 0 Å². The molecule has 2 nitrogen and oxygen atoms in total. The number of benzene rings is 2. The first-order valence-electron chi connectivity index (χ1n) is 6.61. The summed E-state index contributed by atoms with van der Waals surface area (Å²) in [6, 6.07) is 20.1. The lowest BCUT2D eigenvalue weighted by atomic mass is 9.92. The van der Waals surface area contributed by atoms with E-state index in [1.165, 1.54) is 0 Å². The number of hydrogen-bond acceptors (Lipinski definition) is 2. The fourth-order valence-electron chi connectivity index (χ4n) is 2.04. The van der Waals surface area contributed by atoms with Gasteiger partial charge in [0.15, 0.2) is 0 Å². The average Bonchev–Trinajstić information content (AvgIpc) is 2.49. The molecule has 0 aliphatic carbocycles. The highest BCUT2D eigenvalue weighted by Crippen LogP contribution is 2.24. The first kappa shape index (κ1) is 14.1. The number of carbonyl (C=O) groups excluding carboxylic acids is 1. The lowest BCUT2D eigenvalue weighted by Gasteiger charge is -2.18. The third-order valence-corrected chi connectivity index (χ3v) is 3.13. The second-order valence-electron chi connectivity index (χ2n) is 4.75. The van der Waals surface area contributed by atoms with E-state index in [0.717, 1.165) is 11.1 Å². The summed E-state index contributed by atoms with van der Waals surface area (Å²) in [5, 5.41) is 0. The summed E-state index contributed by atoms with van der Waals surface area (Å²) in [5.41, 5.74) is 2.69. The number of rotatable bonds is 5. The summed E-state index contributed by atoms with van der Waals surface area (Å²) < 4.78 is 5.34. The summed E-state index contributed by atoms with van der Waals surface area (Å²) in [6.45, 7) is 5.58. The Morgan fingerprint density at radius 3 is 1.85 bits per heavy atom. The van der Waals surface area contributed by atoms with Gasteiger partial charge in [-0.1, -0.05) is 67.2 Å². The van der Waals surface area contributed by atoms with E-state index in [9.17, 15) is 4.79 Å². The van der Waals surface area contributed by atoms with Gasteiger partial charge >= 0.3 is 5.97 Å². The fraction of sp³-hybridized carbons (Fsp3) is 0.167. The molecule has 0 bridgehead atoms. The molecule has 0 aliphatic rings. The maximum absolute atomic E-state index is 11.6. The minimum absolute atomic E-state index is 0.0423. The first-order chi connectivity index (χ1) is 9.68. The molecule has 0 spiro atoms. The van der Waals surface area contributed by atoms with Crippen LogP contribution in [0.4, 0.5) is 0 Å². The van der Waals surface area contributed by atoms with Crippen LogP contribution >= 0.6 is 0 Å². The van der Waals surface area contributed by atoms with Gasteiger partial charge in [0.1, 0.15) is 6.61 Å². The molecule has 0 aromatic heterocycles. The van der Waals surface area contributed by atoms with Crippen LogP contribution in [-0.4, -0.2) is 12.6 Å². The predicted octanol–water partition coefficient (Wildman–Crippen LogP) is 3.94. The monoisotopic (exact) mass is 266 g/mol. The van der Waals surface area contributed by atoms with Crippen molar-refractivity contribution < 1.29 is 9.53 Å². The number of carbonyl (C=O) groups is 1. The predicted molar refractivity (Wildman–Crippen MR) is 80.5 cm³/mol. The van der Waals surface area contributed by atoms with Crippen molar-refractivity contribution in [2.24, 2.45) is 0 Å². The first-order valence-corrected chi connectivity index (χ1v) is 6.61. The van der Waals surface area contributed by atoms with E-state index in [2.05, 4.69) is 6.58 Å². The van der Waals surface area contributed by atoms with Crippen LogP contribution in [-0.2, 0) is 9.53 Å². The SMILES string of the molecule is C=C(C)C(=O)OCC(c1ccccc1)c1ccccc1. The van der Waals surface area contributed by atoms with Crippen LogP contribution in [0, 0.1) is 0 Å². The summed E-state index contributed by atoms with van der Waals surface area (Å²) in [4.78, 5) is 11.6. The van der Waals surface area contributed by atoms with E-state index in [-0.39, 0.29) is 11.9 Å². The zero-order valence-corrected chi connectivity index (χ0v) is 11.6. The summed E-state index contributed by atoms with van der Waals surface area (Å²) in [5.74, 6) is -0.303. The Morgan fingerprint density at radius 1 is 1.00 bits per heavy atom. The third kappa shape index (κ3) is 3.58. The van der Waals surface area contributed by atoms with Gasteiger partial charge in [0.2, 0.25) is 0 Å². The molecule has 0 saturated heterocycles. The van der Waals surface area contributed by atoms with Crippen molar-refractivity contribution in [2.75, 3.05) is 6.61 Å². The van der Waals surface area contributed by atoms with Crippen LogP contribution in [0.5, 0.6) is 0 Å². The maximum Gasteiger partial charge on any atom is 0.333 e. The zero-order chi connectivity index (χ0) is 14.4. The van der Waals surface area contributed by atoms with E-state index in [4.69, 9.17) is 4.74 Å². The Kier molecular flexibility index (Phi) is 4.72. The lowest BCUT2D eigenvalue weighted by molar-refractivity contribution is -0.139.